The van der Waals surface area contributed by atoms with Gasteiger partial charge in [0.15, 0.2) is 0 Å². The van der Waals surface area contributed by atoms with Gasteiger partial charge < -0.3 is 4.90 Å². The lowest BCUT2D eigenvalue weighted by Crippen LogP contribution is -2.49. The highest BCUT2D eigenvalue weighted by molar-refractivity contribution is 7.89. The van der Waals surface area contributed by atoms with E-state index in [1.165, 1.54) is 21.1 Å². The quantitative estimate of drug-likeness (QED) is 0.424. The predicted molar refractivity (Wildman–Crippen MR) is 123 cm³/mol. The number of piperazine rings is 1. The van der Waals surface area contributed by atoms with E-state index in [9.17, 15) is 21.6 Å². The number of hydrogen-bond acceptors (Lipinski definition) is 6. The molecule has 4 aromatic rings. The number of halogens is 3. The Morgan fingerprint density at radius 3 is 2.34 bits per heavy atom. The van der Waals surface area contributed by atoms with Crippen LogP contribution in [-0.4, -0.2) is 58.5 Å². The fourth-order valence-electron chi connectivity index (χ4n) is 3.98. The average molecular weight is 503 g/mol. The molecule has 0 aliphatic carbocycles. The van der Waals surface area contributed by atoms with Crippen LogP contribution in [0.2, 0.25) is 0 Å². The van der Waals surface area contributed by atoms with Crippen molar-refractivity contribution in [2.45, 2.75) is 18.0 Å². The van der Waals surface area contributed by atoms with Crippen LogP contribution in [0.4, 0.5) is 19.1 Å². The van der Waals surface area contributed by atoms with Crippen LogP contribution in [0, 0.1) is 6.92 Å². The number of nitrogens with zero attached hydrogens (tertiary/aromatic N) is 6. The highest BCUT2D eigenvalue weighted by atomic mass is 32.2. The van der Waals surface area contributed by atoms with Crippen LogP contribution in [0.25, 0.3) is 17.0 Å². The van der Waals surface area contributed by atoms with Crippen molar-refractivity contribution in [3.63, 3.8) is 0 Å². The highest BCUT2D eigenvalue weighted by Gasteiger charge is 2.31. The molecule has 0 unspecified atom stereocenters. The smallest absolute Gasteiger partial charge is 0.337 e. The fraction of sp³-hybridized carbons (Fsp3) is 0.261. The van der Waals surface area contributed by atoms with Crippen LogP contribution in [-0.2, 0) is 16.2 Å². The number of anilines is 1. The number of fused-ring (bicyclic) bond motifs is 1. The normalized spacial score (nSPS) is 15.6. The lowest BCUT2D eigenvalue weighted by atomic mass is 10.1. The fourth-order valence-corrected chi connectivity index (χ4v) is 5.40. The highest BCUT2D eigenvalue weighted by Crippen LogP contribution is 2.32. The average Bonchev–Trinajstić information content (AvgIpc) is 3.28. The molecule has 0 atom stereocenters. The summed E-state index contributed by atoms with van der Waals surface area (Å²) in [6.07, 6.45) is -3.00. The molecular weight excluding hydrogens is 481 g/mol. The van der Waals surface area contributed by atoms with Crippen molar-refractivity contribution in [1.82, 2.24) is 23.9 Å². The second-order valence-corrected chi connectivity index (χ2v) is 10.2. The summed E-state index contributed by atoms with van der Waals surface area (Å²) in [6, 6.07) is 13.3. The zero-order valence-corrected chi connectivity index (χ0v) is 19.5. The molecule has 1 aliphatic heterocycles. The van der Waals surface area contributed by atoms with Gasteiger partial charge in [0.05, 0.1) is 16.2 Å². The van der Waals surface area contributed by atoms with Gasteiger partial charge in [-0.15, -0.1) is 5.10 Å². The molecule has 2 aromatic carbocycles. The van der Waals surface area contributed by atoms with Crippen molar-refractivity contribution in [3.8, 4) is 11.3 Å². The lowest BCUT2D eigenvalue weighted by molar-refractivity contribution is -0.137. The van der Waals surface area contributed by atoms with Gasteiger partial charge in [0.1, 0.15) is 0 Å². The van der Waals surface area contributed by atoms with E-state index in [-0.39, 0.29) is 23.8 Å². The Hall–Kier alpha value is -3.51. The first-order chi connectivity index (χ1) is 16.6. The molecule has 0 radical (unpaired) electrons. The van der Waals surface area contributed by atoms with Crippen molar-refractivity contribution in [3.05, 3.63) is 71.9 Å². The second-order valence-electron chi connectivity index (χ2n) is 8.24. The summed E-state index contributed by atoms with van der Waals surface area (Å²) in [5.41, 5.74) is 0.967. The van der Waals surface area contributed by atoms with E-state index < -0.39 is 21.8 Å². The van der Waals surface area contributed by atoms with Gasteiger partial charge in [-0.2, -0.15) is 27.0 Å². The lowest BCUT2D eigenvalue weighted by Gasteiger charge is -2.33. The zero-order valence-electron chi connectivity index (χ0n) is 18.6. The number of alkyl halides is 3. The Labute approximate surface area is 199 Å². The number of aryl methyl sites for hydroxylation is 1. The van der Waals surface area contributed by atoms with E-state index in [0.29, 0.717) is 30.3 Å². The zero-order chi connectivity index (χ0) is 24.8. The third-order valence-corrected chi connectivity index (χ3v) is 7.81. The maximum atomic E-state index is 13.2. The number of sulfonamides is 1. The summed E-state index contributed by atoms with van der Waals surface area (Å²) >= 11 is 0. The third-order valence-electron chi connectivity index (χ3n) is 5.90. The molecule has 5 rings (SSSR count). The van der Waals surface area contributed by atoms with Gasteiger partial charge in [0, 0.05) is 37.9 Å². The number of hydrogen-bond donors (Lipinski definition) is 0. The summed E-state index contributed by atoms with van der Waals surface area (Å²) in [5.74, 6) is 0.578. The summed E-state index contributed by atoms with van der Waals surface area (Å²) in [5, 5.41) is 4.48. The monoisotopic (exact) mass is 502 g/mol. The van der Waals surface area contributed by atoms with Crippen molar-refractivity contribution in [2.24, 2.45) is 0 Å². The van der Waals surface area contributed by atoms with Gasteiger partial charge in [0.25, 0.3) is 5.78 Å². The first-order valence-corrected chi connectivity index (χ1v) is 12.3. The molecule has 0 N–H and O–H groups in total. The third kappa shape index (κ3) is 4.46. The molecule has 2 aromatic heterocycles. The molecule has 0 amide bonds. The maximum absolute atomic E-state index is 13.2. The topological polar surface area (TPSA) is 83.7 Å². The largest absolute Gasteiger partial charge is 0.416 e. The van der Waals surface area contributed by atoms with E-state index in [4.69, 9.17) is 0 Å². The maximum Gasteiger partial charge on any atom is 0.416 e. The number of rotatable bonds is 4. The minimum Gasteiger partial charge on any atom is -0.337 e. The van der Waals surface area contributed by atoms with Crippen molar-refractivity contribution < 1.29 is 21.6 Å². The Bertz CT molecular complexity index is 1480. The Kier molecular flexibility index (Phi) is 5.72. The van der Waals surface area contributed by atoms with Crippen molar-refractivity contribution in [1.29, 1.82) is 0 Å². The van der Waals surface area contributed by atoms with Gasteiger partial charge in [0.2, 0.25) is 16.0 Å². The van der Waals surface area contributed by atoms with Crippen LogP contribution in [0.1, 0.15) is 11.1 Å². The van der Waals surface area contributed by atoms with Gasteiger partial charge in [-0.25, -0.2) is 13.4 Å². The first kappa shape index (κ1) is 23.2. The SMILES string of the molecule is Cc1ccc(S(=O)(=O)N2CCN(c3nc4nccc(-c5cccc(C(F)(F)F)c5)n4n3)CC2)cc1. The van der Waals surface area contributed by atoms with Gasteiger partial charge in [-0.05, 0) is 37.3 Å². The van der Waals surface area contributed by atoms with Crippen molar-refractivity contribution >= 4 is 21.7 Å². The number of aromatic nitrogens is 4. The Balaban J connectivity index is 1.38. The van der Waals surface area contributed by atoms with E-state index in [1.54, 1.807) is 36.4 Å². The van der Waals surface area contributed by atoms with E-state index >= 15 is 0 Å². The molecule has 3 heterocycles. The van der Waals surface area contributed by atoms with Crippen LogP contribution in [0.3, 0.4) is 0 Å². The predicted octanol–water partition coefficient (Wildman–Crippen LogP) is 3.63. The molecule has 0 bridgehead atoms. The minimum absolute atomic E-state index is 0.240. The molecule has 0 saturated carbocycles. The minimum atomic E-state index is -4.46. The molecular formula is C23H21F3N6O2S. The number of benzene rings is 2. The molecule has 35 heavy (non-hydrogen) atoms. The van der Waals surface area contributed by atoms with E-state index in [0.717, 1.165) is 17.7 Å². The summed E-state index contributed by atoms with van der Waals surface area (Å²) in [4.78, 5) is 10.7. The van der Waals surface area contributed by atoms with Gasteiger partial charge in [-0.1, -0.05) is 29.8 Å². The van der Waals surface area contributed by atoms with Crippen LogP contribution >= 0.6 is 0 Å². The van der Waals surface area contributed by atoms with Crippen LogP contribution in [0.5, 0.6) is 0 Å². The van der Waals surface area contributed by atoms with E-state index in [2.05, 4.69) is 15.1 Å². The Morgan fingerprint density at radius 2 is 1.66 bits per heavy atom. The summed E-state index contributed by atoms with van der Waals surface area (Å²) < 4.78 is 68.3. The summed E-state index contributed by atoms with van der Waals surface area (Å²) in [7, 11) is -3.61. The van der Waals surface area contributed by atoms with Crippen molar-refractivity contribution in [2.75, 3.05) is 31.1 Å². The molecule has 1 fully saturated rings. The standard InChI is InChI=1S/C23H21F3N6O2S/c1-16-5-7-19(8-6-16)35(33,34)31-13-11-30(12-14-31)22-28-21-27-10-9-20(32(21)29-22)17-3-2-4-18(15-17)23(24,25)26/h2-10,15H,11-14H2,1H3. The molecule has 182 valence electrons. The second kappa shape index (κ2) is 8.61. The molecule has 1 saturated heterocycles. The van der Waals surface area contributed by atoms with Crippen LogP contribution < -0.4 is 4.90 Å². The molecule has 1 aliphatic rings. The molecule has 0 spiro atoms. The summed E-state index contributed by atoms with van der Waals surface area (Å²) in [6.45, 7) is 3.12. The molecule has 12 heteroatoms. The van der Waals surface area contributed by atoms with Gasteiger partial charge >= 0.3 is 6.18 Å². The van der Waals surface area contributed by atoms with E-state index in [1.807, 2.05) is 11.8 Å². The Morgan fingerprint density at radius 1 is 0.943 bits per heavy atom. The molecule has 8 nitrogen and oxygen atoms in total. The van der Waals surface area contributed by atoms with Crippen LogP contribution in [0.15, 0.2) is 65.7 Å². The van der Waals surface area contributed by atoms with Gasteiger partial charge in [-0.3, -0.25) is 0 Å². The first-order valence-electron chi connectivity index (χ1n) is 10.8.